The van der Waals surface area contributed by atoms with Crippen LogP contribution >= 0.6 is 15.9 Å². The summed E-state index contributed by atoms with van der Waals surface area (Å²) in [6.45, 7) is 2.33. The molecule has 2 atom stereocenters. The molecule has 2 heterocycles. The van der Waals surface area contributed by atoms with Gasteiger partial charge in [0.25, 0.3) is 0 Å². The molecule has 1 saturated heterocycles. The summed E-state index contributed by atoms with van der Waals surface area (Å²) in [5.74, 6) is 0.778. The van der Waals surface area contributed by atoms with Gasteiger partial charge in [0.15, 0.2) is 0 Å². The van der Waals surface area contributed by atoms with E-state index >= 15 is 0 Å². The van der Waals surface area contributed by atoms with Gasteiger partial charge in [0, 0.05) is 29.8 Å². The van der Waals surface area contributed by atoms with Crippen molar-refractivity contribution in [2.45, 2.75) is 18.9 Å². The number of rotatable bonds is 0. The van der Waals surface area contributed by atoms with Crippen LogP contribution in [0.25, 0.3) is 0 Å². The van der Waals surface area contributed by atoms with Crippen molar-refractivity contribution in [1.29, 1.82) is 0 Å². The fourth-order valence-electron chi connectivity index (χ4n) is 3.15. The van der Waals surface area contributed by atoms with Crippen LogP contribution in [0.5, 0.6) is 0 Å². The Balaban J connectivity index is 1.99. The smallest absolute Gasteiger partial charge is 0.0399 e. The largest absolute Gasteiger partial charge is 0.371 e. The summed E-state index contributed by atoms with van der Waals surface area (Å²) in [4.78, 5) is 2.48. The molecule has 0 aromatic heterocycles. The minimum atomic E-state index is 0.731. The van der Waals surface area contributed by atoms with Gasteiger partial charge in [-0.1, -0.05) is 15.9 Å². The molecule has 0 saturated carbocycles. The fourth-order valence-corrected chi connectivity index (χ4v) is 3.56. The van der Waals surface area contributed by atoms with Gasteiger partial charge >= 0.3 is 0 Å². The molecule has 2 nitrogen and oxygen atoms in total. The minimum Gasteiger partial charge on any atom is -0.371 e. The van der Waals surface area contributed by atoms with Crippen LogP contribution in [-0.2, 0) is 6.42 Å². The average Bonchev–Trinajstić information content (AvgIpc) is 2.29. The van der Waals surface area contributed by atoms with Crippen LogP contribution < -0.4 is 10.2 Å². The lowest BCUT2D eigenvalue weighted by atomic mass is 9.82. The van der Waals surface area contributed by atoms with Crippen LogP contribution in [0.4, 0.5) is 5.69 Å². The highest BCUT2D eigenvalue weighted by atomic mass is 79.9. The second-order valence-electron chi connectivity index (χ2n) is 4.91. The van der Waals surface area contributed by atoms with E-state index < -0.39 is 0 Å². The summed E-state index contributed by atoms with van der Waals surface area (Å²) in [7, 11) is 2.24. The Labute approximate surface area is 105 Å². The highest BCUT2D eigenvalue weighted by molar-refractivity contribution is 9.10. The van der Waals surface area contributed by atoms with E-state index in [-0.39, 0.29) is 0 Å². The number of hydrogen-bond acceptors (Lipinski definition) is 2. The summed E-state index contributed by atoms with van der Waals surface area (Å²) in [6.07, 6.45) is 2.49. The first-order valence-corrected chi connectivity index (χ1v) is 6.77. The normalized spacial score (nSPS) is 28.5. The summed E-state index contributed by atoms with van der Waals surface area (Å²) >= 11 is 3.56. The van der Waals surface area contributed by atoms with Crippen molar-refractivity contribution in [2.24, 2.45) is 5.92 Å². The third-order valence-electron chi connectivity index (χ3n) is 3.97. The Kier molecular flexibility index (Phi) is 2.68. The molecule has 3 rings (SSSR count). The Morgan fingerprint density at radius 3 is 3.19 bits per heavy atom. The number of fused-ring (bicyclic) bond motifs is 2. The maximum absolute atomic E-state index is 3.56. The van der Waals surface area contributed by atoms with Gasteiger partial charge in [-0.05, 0) is 49.1 Å². The molecule has 2 unspecified atom stereocenters. The molecular formula is C13H17BrN2. The van der Waals surface area contributed by atoms with Gasteiger partial charge in [0.1, 0.15) is 0 Å². The van der Waals surface area contributed by atoms with Crippen molar-refractivity contribution in [2.75, 3.05) is 25.0 Å². The minimum absolute atomic E-state index is 0.731. The average molecular weight is 281 g/mol. The zero-order chi connectivity index (χ0) is 11.1. The zero-order valence-corrected chi connectivity index (χ0v) is 11.1. The molecule has 86 valence electrons. The van der Waals surface area contributed by atoms with E-state index in [1.54, 1.807) is 0 Å². The third kappa shape index (κ3) is 1.66. The van der Waals surface area contributed by atoms with Gasteiger partial charge in [-0.15, -0.1) is 0 Å². The maximum Gasteiger partial charge on any atom is 0.0399 e. The first-order chi connectivity index (χ1) is 7.75. The molecule has 2 aliphatic heterocycles. The number of hydrogen-bond donors (Lipinski definition) is 1. The predicted octanol–water partition coefficient (Wildman–Crippen LogP) is 2.42. The summed E-state index contributed by atoms with van der Waals surface area (Å²) < 4.78 is 1.20. The Morgan fingerprint density at radius 1 is 1.44 bits per heavy atom. The van der Waals surface area contributed by atoms with Crippen molar-refractivity contribution in [3.63, 3.8) is 0 Å². The lowest BCUT2D eigenvalue weighted by molar-refractivity contribution is 0.304. The van der Waals surface area contributed by atoms with Crippen molar-refractivity contribution < 1.29 is 0 Å². The fraction of sp³-hybridized carbons (Fsp3) is 0.538. The van der Waals surface area contributed by atoms with Crippen LogP contribution in [0.3, 0.4) is 0 Å². The number of halogens is 1. The van der Waals surface area contributed by atoms with Crippen molar-refractivity contribution in [3.8, 4) is 0 Å². The molecule has 3 heteroatoms. The molecule has 1 N–H and O–H groups in total. The molecule has 1 aromatic rings. The van der Waals surface area contributed by atoms with Gasteiger partial charge in [-0.2, -0.15) is 0 Å². The van der Waals surface area contributed by atoms with Crippen LogP contribution in [0, 0.1) is 5.92 Å². The van der Waals surface area contributed by atoms with E-state index in [2.05, 4.69) is 51.4 Å². The summed E-state index contributed by atoms with van der Waals surface area (Å²) in [5.41, 5.74) is 2.91. The van der Waals surface area contributed by atoms with Gasteiger partial charge in [0.2, 0.25) is 0 Å². The van der Waals surface area contributed by atoms with Crippen molar-refractivity contribution >= 4 is 21.6 Å². The molecule has 0 radical (unpaired) electrons. The Morgan fingerprint density at radius 2 is 2.31 bits per heavy atom. The monoisotopic (exact) mass is 280 g/mol. The summed E-state index contributed by atoms with van der Waals surface area (Å²) in [5, 5.41) is 3.51. The Hall–Kier alpha value is -0.540. The second-order valence-corrected chi connectivity index (χ2v) is 5.82. The molecule has 0 bridgehead atoms. The highest BCUT2D eigenvalue weighted by Crippen LogP contribution is 2.36. The summed E-state index contributed by atoms with van der Waals surface area (Å²) in [6, 6.07) is 7.40. The topological polar surface area (TPSA) is 15.3 Å². The lowest BCUT2D eigenvalue weighted by Gasteiger charge is -2.44. The van der Waals surface area contributed by atoms with E-state index in [4.69, 9.17) is 0 Å². The highest BCUT2D eigenvalue weighted by Gasteiger charge is 2.33. The number of benzene rings is 1. The van der Waals surface area contributed by atoms with E-state index in [1.165, 1.54) is 35.1 Å². The standard InChI is InChI=1S/C13H17BrN2/c1-16-12-3-2-11(14)7-9(12)6-10-8-15-5-4-13(10)16/h2-3,7,10,13,15H,4-6,8H2,1H3. The molecule has 1 aromatic carbocycles. The second kappa shape index (κ2) is 4.04. The van der Waals surface area contributed by atoms with Gasteiger partial charge in [-0.3, -0.25) is 0 Å². The predicted molar refractivity (Wildman–Crippen MR) is 71.0 cm³/mol. The Bertz CT molecular complexity index is 405. The maximum atomic E-state index is 3.56. The van der Waals surface area contributed by atoms with E-state index in [0.29, 0.717) is 0 Å². The molecule has 1 fully saturated rings. The molecule has 0 spiro atoms. The van der Waals surface area contributed by atoms with Crippen LogP contribution in [0.15, 0.2) is 22.7 Å². The third-order valence-corrected chi connectivity index (χ3v) is 4.46. The van der Waals surface area contributed by atoms with Gasteiger partial charge < -0.3 is 10.2 Å². The van der Waals surface area contributed by atoms with Crippen LogP contribution in [0.2, 0.25) is 0 Å². The first-order valence-electron chi connectivity index (χ1n) is 5.97. The molecular weight excluding hydrogens is 264 g/mol. The van der Waals surface area contributed by atoms with Crippen molar-refractivity contribution in [3.05, 3.63) is 28.2 Å². The van der Waals surface area contributed by atoms with E-state index in [9.17, 15) is 0 Å². The first kappa shape index (κ1) is 10.6. The number of piperidine rings is 1. The number of nitrogens with zero attached hydrogens (tertiary/aromatic N) is 1. The van der Waals surface area contributed by atoms with E-state index in [0.717, 1.165) is 18.5 Å². The molecule has 16 heavy (non-hydrogen) atoms. The number of anilines is 1. The van der Waals surface area contributed by atoms with Crippen LogP contribution in [-0.4, -0.2) is 26.2 Å². The zero-order valence-electron chi connectivity index (χ0n) is 9.54. The quantitative estimate of drug-likeness (QED) is 0.785. The van der Waals surface area contributed by atoms with Crippen LogP contribution in [0.1, 0.15) is 12.0 Å². The number of nitrogens with one attached hydrogen (secondary N) is 1. The van der Waals surface area contributed by atoms with Gasteiger partial charge in [-0.25, -0.2) is 0 Å². The van der Waals surface area contributed by atoms with E-state index in [1.807, 2.05) is 0 Å². The molecule has 2 aliphatic rings. The lowest BCUT2D eigenvalue weighted by Crippen LogP contribution is -2.51. The molecule has 0 aliphatic carbocycles. The SMILES string of the molecule is CN1c2ccc(Br)cc2CC2CNCCC21. The molecule has 0 amide bonds. The van der Waals surface area contributed by atoms with Crippen molar-refractivity contribution in [1.82, 2.24) is 5.32 Å². The van der Waals surface area contributed by atoms with Gasteiger partial charge in [0.05, 0.1) is 0 Å².